The summed E-state index contributed by atoms with van der Waals surface area (Å²) in [6.07, 6.45) is 0. The summed E-state index contributed by atoms with van der Waals surface area (Å²) in [5.41, 5.74) is 0.355. The zero-order valence-corrected chi connectivity index (χ0v) is 9.99. The number of nitro benzene ring substituents is 1. The third-order valence-electron chi connectivity index (χ3n) is 2.35. The summed E-state index contributed by atoms with van der Waals surface area (Å²) >= 11 is 0. The topological polar surface area (TPSA) is 102 Å². The first-order valence-electron chi connectivity index (χ1n) is 5.34. The highest BCUT2D eigenvalue weighted by Crippen LogP contribution is 2.30. The van der Waals surface area contributed by atoms with Gasteiger partial charge in [-0.05, 0) is 13.0 Å². The average Bonchev–Trinajstić information content (AvgIpc) is 2.81. The van der Waals surface area contributed by atoms with Crippen LogP contribution in [0.25, 0.3) is 0 Å². The Balaban J connectivity index is 2.28. The van der Waals surface area contributed by atoms with E-state index in [0.29, 0.717) is 11.5 Å². The molecule has 0 saturated heterocycles. The normalized spacial score (nSPS) is 9.89. The standard InChI is InChI=1S/C12H9N3O4/c1-8-5-10(14-19-8)7-18-12-9(6-13)3-2-4-11(12)15(16)17/h2-5H,7H2,1H3. The van der Waals surface area contributed by atoms with Crippen molar-refractivity contribution in [1.82, 2.24) is 5.16 Å². The number of benzene rings is 1. The van der Waals surface area contributed by atoms with Gasteiger partial charge in [0, 0.05) is 12.1 Å². The van der Waals surface area contributed by atoms with Crippen LogP contribution in [0, 0.1) is 28.4 Å². The van der Waals surface area contributed by atoms with Gasteiger partial charge < -0.3 is 9.26 Å². The maximum Gasteiger partial charge on any atom is 0.312 e. The molecule has 0 aliphatic heterocycles. The van der Waals surface area contributed by atoms with Gasteiger partial charge in [-0.1, -0.05) is 11.2 Å². The number of nitro groups is 1. The van der Waals surface area contributed by atoms with Crippen molar-refractivity contribution in [1.29, 1.82) is 5.26 Å². The SMILES string of the molecule is Cc1cc(COc2c(C#N)cccc2[N+](=O)[O-])no1. The number of ether oxygens (including phenoxy) is 1. The molecule has 2 rings (SSSR count). The van der Waals surface area contributed by atoms with E-state index in [1.54, 1.807) is 13.0 Å². The molecule has 0 N–H and O–H groups in total. The fourth-order valence-electron chi connectivity index (χ4n) is 1.54. The molecular weight excluding hydrogens is 250 g/mol. The molecule has 19 heavy (non-hydrogen) atoms. The van der Waals surface area contributed by atoms with Crippen molar-refractivity contribution < 1.29 is 14.2 Å². The minimum atomic E-state index is -0.593. The van der Waals surface area contributed by atoms with E-state index in [0.717, 1.165) is 0 Å². The molecule has 0 radical (unpaired) electrons. The number of hydrogen-bond acceptors (Lipinski definition) is 6. The molecule has 0 saturated carbocycles. The van der Waals surface area contributed by atoms with E-state index < -0.39 is 4.92 Å². The number of aryl methyl sites for hydroxylation is 1. The van der Waals surface area contributed by atoms with Crippen LogP contribution in [-0.2, 0) is 6.61 Å². The minimum absolute atomic E-state index is 0.00310. The molecule has 0 unspecified atom stereocenters. The fourth-order valence-corrected chi connectivity index (χ4v) is 1.54. The van der Waals surface area contributed by atoms with Crippen LogP contribution < -0.4 is 4.74 Å². The highest BCUT2D eigenvalue weighted by molar-refractivity contribution is 5.56. The van der Waals surface area contributed by atoms with Gasteiger partial charge in [0.1, 0.15) is 29.7 Å². The fraction of sp³-hybridized carbons (Fsp3) is 0.167. The molecule has 7 heteroatoms. The Bertz CT molecular complexity index is 657. The molecule has 96 valence electrons. The van der Waals surface area contributed by atoms with Crippen molar-refractivity contribution in [3.63, 3.8) is 0 Å². The van der Waals surface area contributed by atoms with Crippen molar-refractivity contribution >= 4 is 5.69 Å². The van der Waals surface area contributed by atoms with Gasteiger partial charge in [0.2, 0.25) is 5.75 Å². The number of nitriles is 1. The zero-order chi connectivity index (χ0) is 13.8. The third kappa shape index (κ3) is 2.69. The molecule has 0 bridgehead atoms. The molecule has 0 spiro atoms. The second kappa shape index (κ2) is 5.18. The van der Waals surface area contributed by atoms with Crippen LogP contribution in [-0.4, -0.2) is 10.1 Å². The summed E-state index contributed by atoms with van der Waals surface area (Å²) < 4.78 is 10.2. The molecule has 0 aliphatic rings. The Morgan fingerprint density at radius 1 is 1.58 bits per heavy atom. The lowest BCUT2D eigenvalue weighted by atomic mass is 10.2. The lowest BCUT2D eigenvalue weighted by Gasteiger charge is -2.06. The van der Waals surface area contributed by atoms with Crippen molar-refractivity contribution in [2.75, 3.05) is 0 Å². The van der Waals surface area contributed by atoms with Crippen molar-refractivity contribution in [2.45, 2.75) is 13.5 Å². The first-order chi connectivity index (χ1) is 9.11. The van der Waals surface area contributed by atoms with Gasteiger partial charge in [-0.25, -0.2) is 0 Å². The Labute approximate surface area is 108 Å². The van der Waals surface area contributed by atoms with E-state index in [4.69, 9.17) is 14.5 Å². The third-order valence-corrected chi connectivity index (χ3v) is 2.35. The van der Waals surface area contributed by atoms with Crippen molar-refractivity contribution in [3.05, 3.63) is 51.4 Å². The first kappa shape index (κ1) is 12.6. The largest absolute Gasteiger partial charge is 0.479 e. The van der Waals surface area contributed by atoms with Crippen LogP contribution in [0.4, 0.5) is 5.69 Å². The van der Waals surface area contributed by atoms with E-state index in [1.807, 2.05) is 6.07 Å². The average molecular weight is 259 g/mol. The molecule has 0 fully saturated rings. The Kier molecular flexibility index (Phi) is 3.43. The molecule has 7 nitrogen and oxygen atoms in total. The van der Waals surface area contributed by atoms with Crippen LogP contribution >= 0.6 is 0 Å². The van der Waals surface area contributed by atoms with Crippen molar-refractivity contribution in [2.24, 2.45) is 0 Å². The maximum absolute atomic E-state index is 10.9. The molecule has 0 atom stereocenters. The zero-order valence-electron chi connectivity index (χ0n) is 9.99. The predicted octanol–water partition coefficient (Wildman–Crippen LogP) is 2.34. The van der Waals surface area contributed by atoms with E-state index >= 15 is 0 Å². The molecule has 1 aromatic heterocycles. The predicted molar refractivity (Wildman–Crippen MR) is 63.4 cm³/mol. The van der Waals surface area contributed by atoms with Gasteiger partial charge in [0.05, 0.1) is 4.92 Å². The van der Waals surface area contributed by atoms with Gasteiger partial charge in [0.15, 0.2) is 0 Å². The second-order valence-corrected chi connectivity index (χ2v) is 3.74. The smallest absolute Gasteiger partial charge is 0.312 e. The number of nitrogens with zero attached hydrogens (tertiary/aromatic N) is 3. The van der Waals surface area contributed by atoms with Crippen LogP contribution in [0.2, 0.25) is 0 Å². The summed E-state index contributed by atoms with van der Waals surface area (Å²) in [4.78, 5) is 10.3. The molecule has 1 heterocycles. The number of para-hydroxylation sites is 1. The number of rotatable bonds is 4. The summed E-state index contributed by atoms with van der Waals surface area (Å²) in [6.45, 7) is 1.72. The van der Waals surface area contributed by atoms with Gasteiger partial charge in [-0.3, -0.25) is 10.1 Å². The Morgan fingerprint density at radius 3 is 2.95 bits per heavy atom. The molecule has 1 aromatic carbocycles. The molecule has 0 aliphatic carbocycles. The minimum Gasteiger partial charge on any atom is -0.479 e. The van der Waals surface area contributed by atoms with Crippen molar-refractivity contribution in [3.8, 4) is 11.8 Å². The monoisotopic (exact) mass is 259 g/mol. The summed E-state index contributed by atoms with van der Waals surface area (Å²) in [5.74, 6) is 0.553. The Morgan fingerprint density at radius 2 is 2.37 bits per heavy atom. The van der Waals surface area contributed by atoms with Crippen LogP contribution in [0.1, 0.15) is 17.0 Å². The Hall–Kier alpha value is -2.88. The highest BCUT2D eigenvalue weighted by Gasteiger charge is 2.19. The van der Waals surface area contributed by atoms with E-state index in [9.17, 15) is 10.1 Å². The van der Waals surface area contributed by atoms with Gasteiger partial charge in [0.25, 0.3) is 0 Å². The van der Waals surface area contributed by atoms with Crippen LogP contribution in [0.15, 0.2) is 28.8 Å². The van der Waals surface area contributed by atoms with Gasteiger partial charge in [-0.15, -0.1) is 0 Å². The van der Waals surface area contributed by atoms with E-state index in [1.165, 1.54) is 18.2 Å². The molecule has 0 amide bonds. The van der Waals surface area contributed by atoms with E-state index in [2.05, 4.69) is 5.16 Å². The quantitative estimate of drug-likeness (QED) is 0.616. The van der Waals surface area contributed by atoms with Crippen LogP contribution in [0.5, 0.6) is 5.75 Å². The number of hydrogen-bond donors (Lipinski definition) is 0. The lowest BCUT2D eigenvalue weighted by Crippen LogP contribution is -2.01. The second-order valence-electron chi connectivity index (χ2n) is 3.74. The maximum atomic E-state index is 10.9. The first-order valence-corrected chi connectivity index (χ1v) is 5.34. The molecular formula is C12H9N3O4. The molecule has 2 aromatic rings. The summed E-state index contributed by atoms with van der Waals surface area (Å²) in [5, 5.41) is 23.5. The van der Waals surface area contributed by atoms with E-state index in [-0.39, 0.29) is 23.6 Å². The van der Waals surface area contributed by atoms with Crippen LogP contribution in [0.3, 0.4) is 0 Å². The lowest BCUT2D eigenvalue weighted by molar-refractivity contribution is -0.386. The van der Waals surface area contributed by atoms with Gasteiger partial charge in [-0.2, -0.15) is 5.26 Å². The number of aromatic nitrogens is 1. The summed E-state index contributed by atoms with van der Waals surface area (Å²) in [6, 6.07) is 7.68. The van der Waals surface area contributed by atoms with Gasteiger partial charge >= 0.3 is 5.69 Å². The highest BCUT2D eigenvalue weighted by atomic mass is 16.6. The summed E-state index contributed by atoms with van der Waals surface area (Å²) in [7, 11) is 0.